The SMILES string of the molecule is O=C(O)N1CCC(c2cc(-c3ccncc3Br)c(-c3ccc(F)cc3)[nH]2)CC1. The van der Waals surface area contributed by atoms with Crippen molar-refractivity contribution in [3.63, 3.8) is 0 Å². The molecule has 0 atom stereocenters. The molecule has 0 radical (unpaired) electrons. The number of carbonyl (C=O) groups is 1. The van der Waals surface area contributed by atoms with Crippen molar-refractivity contribution in [1.82, 2.24) is 14.9 Å². The predicted octanol–water partition coefficient (Wildman–Crippen LogP) is 5.50. The van der Waals surface area contributed by atoms with Crippen molar-refractivity contribution in [3.8, 4) is 22.4 Å². The first kappa shape index (κ1) is 18.7. The molecule has 1 aliphatic rings. The van der Waals surface area contributed by atoms with Gasteiger partial charge in [-0.05, 0) is 70.7 Å². The fourth-order valence-corrected chi connectivity index (χ4v) is 4.19. The number of hydrogen-bond acceptors (Lipinski definition) is 2. The lowest BCUT2D eigenvalue weighted by Gasteiger charge is -2.29. The maximum absolute atomic E-state index is 13.4. The average Bonchev–Trinajstić information content (AvgIpc) is 3.14. The molecule has 144 valence electrons. The summed E-state index contributed by atoms with van der Waals surface area (Å²) in [6.07, 6.45) is 4.17. The number of piperidine rings is 1. The van der Waals surface area contributed by atoms with Gasteiger partial charge in [0.15, 0.2) is 0 Å². The molecule has 2 N–H and O–H groups in total. The number of hydrogen-bond donors (Lipinski definition) is 2. The Morgan fingerprint density at radius 1 is 1.18 bits per heavy atom. The molecule has 0 aliphatic carbocycles. The molecule has 0 unspecified atom stereocenters. The lowest BCUT2D eigenvalue weighted by molar-refractivity contribution is 0.132. The second kappa shape index (κ2) is 7.75. The van der Waals surface area contributed by atoms with Crippen LogP contribution in [-0.4, -0.2) is 39.2 Å². The Balaban J connectivity index is 1.74. The molecule has 1 fully saturated rings. The number of benzene rings is 1. The zero-order valence-corrected chi connectivity index (χ0v) is 16.6. The van der Waals surface area contributed by atoms with Crippen molar-refractivity contribution in [2.75, 3.05) is 13.1 Å². The molecule has 28 heavy (non-hydrogen) atoms. The number of likely N-dealkylation sites (tertiary alicyclic amines) is 1. The number of nitrogens with zero attached hydrogens (tertiary/aromatic N) is 2. The molecule has 5 nitrogen and oxygen atoms in total. The van der Waals surface area contributed by atoms with E-state index in [2.05, 4.69) is 32.0 Å². The zero-order chi connectivity index (χ0) is 19.7. The Morgan fingerprint density at radius 2 is 1.89 bits per heavy atom. The van der Waals surface area contributed by atoms with Gasteiger partial charge in [-0.2, -0.15) is 0 Å². The Bertz CT molecular complexity index is 995. The van der Waals surface area contributed by atoms with Crippen LogP contribution in [0.3, 0.4) is 0 Å². The van der Waals surface area contributed by atoms with E-state index in [1.165, 1.54) is 17.0 Å². The number of halogens is 2. The minimum absolute atomic E-state index is 0.254. The summed E-state index contributed by atoms with van der Waals surface area (Å²) in [5.74, 6) is -0.0209. The lowest BCUT2D eigenvalue weighted by atomic mass is 9.93. The van der Waals surface area contributed by atoms with E-state index in [-0.39, 0.29) is 11.7 Å². The van der Waals surface area contributed by atoms with E-state index in [4.69, 9.17) is 5.11 Å². The molecule has 2 aromatic heterocycles. The van der Waals surface area contributed by atoms with Crippen LogP contribution in [-0.2, 0) is 0 Å². The Labute approximate surface area is 170 Å². The number of H-pyrrole nitrogens is 1. The maximum atomic E-state index is 13.4. The molecule has 3 aromatic rings. The highest BCUT2D eigenvalue weighted by Crippen LogP contribution is 2.39. The molecular formula is C21H19BrFN3O2. The van der Waals surface area contributed by atoms with Crippen LogP contribution in [0, 0.1) is 5.82 Å². The minimum atomic E-state index is -0.863. The van der Waals surface area contributed by atoms with E-state index < -0.39 is 6.09 Å². The van der Waals surface area contributed by atoms with E-state index in [1.807, 2.05) is 6.07 Å². The largest absolute Gasteiger partial charge is 0.465 e. The number of pyridine rings is 1. The van der Waals surface area contributed by atoms with Crippen molar-refractivity contribution in [1.29, 1.82) is 0 Å². The van der Waals surface area contributed by atoms with Gasteiger partial charge in [-0.3, -0.25) is 4.98 Å². The molecule has 7 heteroatoms. The Kier molecular flexibility index (Phi) is 5.17. The van der Waals surface area contributed by atoms with E-state index in [1.54, 1.807) is 24.5 Å². The summed E-state index contributed by atoms with van der Waals surface area (Å²) in [7, 11) is 0. The van der Waals surface area contributed by atoms with Gasteiger partial charge in [0.2, 0.25) is 0 Å². The third kappa shape index (κ3) is 3.67. The van der Waals surface area contributed by atoms with E-state index in [9.17, 15) is 9.18 Å². The molecule has 1 amide bonds. The summed E-state index contributed by atoms with van der Waals surface area (Å²) in [5, 5.41) is 9.17. The Morgan fingerprint density at radius 3 is 2.54 bits per heavy atom. The predicted molar refractivity (Wildman–Crippen MR) is 109 cm³/mol. The first-order valence-corrected chi connectivity index (χ1v) is 9.89. The summed E-state index contributed by atoms with van der Waals surface area (Å²) < 4.78 is 14.3. The lowest BCUT2D eigenvalue weighted by Crippen LogP contribution is -2.36. The third-order valence-electron chi connectivity index (χ3n) is 5.24. The molecule has 1 saturated heterocycles. The molecular weight excluding hydrogens is 425 g/mol. The van der Waals surface area contributed by atoms with Gasteiger partial charge in [0, 0.05) is 52.7 Å². The monoisotopic (exact) mass is 443 g/mol. The number of nitrogens with one attached hydrogen (secondary N) is 1. The normalized spacial score (nSPS) is 15.0. The van der Waals surface area contributed by atoms with Gasteiger partial charge in [0.25, 0.3) is 0 Å². The summed E-state index contributed by atoms with van der Waals surface area (Å²) in [4.78, 5) is 20.3. The van der Waals surface area contributed by atoms with E-state index in [0.717, 1.165) is 45.4 Å². The number of aromatic amines is 1. The summed E-state index contributed by atoms with van der Waals surface area (Å²) >= 11 is 3.57. The van der Waals surface area contributed by atoms with Crippen molar-refractivity contribution < 1.29 is 14.3 Å². The highest BCUT2D eigenvalue weighted by molar-refractivity contribution is 9.10. The van der Waals surface area contributed by atoms with Crippen LogP contribution in [0.1, 0.15) is 24.5 Å². The minimum Gasteiger partial charge on any atom is -0.465 e. The number of rotatable bonds is 3. The highest BCUT2D eigenvalue weighted by atomic mass is 79.9. The molecule has 0 bridgehead atoms. The second-order valence-corrected chi connectivity index (χ2v) is 7.77. The van der Waals surface area contributed by atoms with Crippen molar-refractivity contribution in [3.05, 3.63) is 64.8 Å². The number of amides is 1. The second-order valence-electron chi connectivity index (χ2n) is 6.92. The van der Waals surface area contributed by atoms with Crippen LogP contribution < -0.4 is 0 Å². The van der Waals surface area contributed by atoms with Crippen molar-refractivity contribution >= 4 is 22.0 Å². The summed E-state index contributed by atoms with van der Waals surface area (Å²) in [6.45, 7) is 1.05. The molecule has 1 aliphatic heterocycles. The van der Waals surface area contributed by atoms with Gasteiger partial charge in [0.05, 0.1) is 5.69 Å². The molecule has 1 aromatic carbocycles. The quantitative estimate of drug-likeness (QED) is 0.561. The molecule has 4 rings (SSSR count). The van der Waals surface area contributed by atoms with Crippen molar-refractivity contribution in [2.24, 2.45) is 0 Å². The molecule has 0 spiro atoms. The molecule has 0 saturated carbocycles. The van der Waals surface area contributed by atoms with Crippen LogP contribution in [0.2, 0.25) is 0 Å². The Hall–Kier alpha value is -2.67. The fraction of sp³-hybridized carbons (Fsp3) is 0.238. The van der Waals surface area contributed by atoms with Gasteiger partial charge in [-0.25, -0.2) is 9.18 Å². The van der Waals surface area contributed by atoms with E-state index in [0.29, 0.717) is 13.1 Å². The smallest absolute Gasteiger partial charge is 0.407 e. The highest BCUT2D eigenvalue weighted by Gasteiger charge is 2.26. The summed E-state index contributed by atoms with van der Waals surface area (Å²) in [6, 6.07) is 10.5. The topological polar surface area (TPSA) is 69.2 Å². The number of aromatic nitrogens is 2. The zero-order valence-electron chi connectivity index (χ0n) is 15.0. The maximum Gasteiger partial charge on any atom is 0.407 e. The van der Waals surface area contributed by atoms with Crippen LogP contribution in [0.5, 0.6) is 0 Å². The van der Waals surface area contributed by atoms with Crippen LogP contribution >= 0.6 is 15.9 Å². The fourth-order valence-electron chi connectivity index (χ4n) is 3.73. The van der Waals surface area contributed by atoms with Gasteiger partial charge >= 0.3 is 6.09 Å². The van der Waals surface area contributed by atoms with E-state index >= 15 is 0 Å². The van der Waals surface area contributed by atoms with Gasteiger partial charge in [-0.15, -0.1) is 0 Å². The third-order valence-corrected chi connectivity index (χ3v) is 5.87. The first-order valence-electron chi connectivity index (χ1n) is 9.09. The van der Waals surface area contributed by atoms with Crippen LogP contribution in [0.15, 0.2) is 53.3 Å². The summed E-state index contributed by atoms with van der Waals surface area (Å²) in [5.41, 5.74) is 4.90. The number of carboxylic acid groups (broad SMARTS) is 1. The van der Waals surface area contributed by atoms with Gasteiger partial charge in [0.1, 0.15) is 5.82 Å². The molecule has 3 heterocycles. The van der Waals surface area contributed by atoms with Crippen molar-refractivity contribution in [2.45, 2.75) is 18.8 Å². The first-order chi connectivity index (χ1) is 13.5. The standard InChI is InChI=1S/C21H19BrFN3O2/c22-18-12-24-8-5-16(18)17-11-19(13-6-9-26(10-7-13)21(27)28)25-20(17)14-1-3-15(23)4-2-14/h1-5,8,11-13,25H,6-7,9-10H2,(H,27,28). The van der Waals surface area contributed by atoms with Crippen LogP contribution in [0.4, 0.5) is 9.18 Å². The van der Waals surface area contributed by atoms with Gasteiger partial charge < -0.3 is 15.0 Å². The average molecular weight is 444 g/mol. The van der Waals surface area contributed by atoms with Gasteiger partial charge in [-0.1, -0.05) is 0 Å². The van der Waals surface area contributed by atoms with Crippen LogP contribution in [0.25, 0.3) is 22.4 Å².